The summed E-state index contributed by atoms with van der Waals surface area (Å²) < 4.78 is 25.3. The average Bonchev–Trinajstić information content (AvgIpc) is 2.28. The van der Waals surface area contributed by atoms with Crippen LogP contribution in [0.15, 0.2) is 12.7 Å². The van der Waals surface area contributed by atoms with Gasteiger partial charge in [-0.15, -0.1) is 0 Å². The molecule has 16 heavy (non-hydrogen) atoms. The lowest BCUT2D eigenvalue weighted by Crippen LogP contribution is -2.46. The Labute approximate surface area is 96.6 Å². The summed E-state index contributed by atoms with van der Waals surface area (Å²) in [5.41, 5.74) is 0. The van der Waals surface area contributed by atoms with E-state index >= 15 is 0 Å². The van der Waals surface area contributed by atoms with Gasteiger partial charge in [-0.25, -0.2) is 13.1 Å². The van der Waals surface area contributed by atoms with E-state index in [-0.39, 0.29) is 17.7 Å². The summed E-state index contributed by atoms with van der Waals surface area (Å²) in [6.45, 7) is 6.20. The summed E-state index contributed by atoms with van der Waals surface area (Å²) in [5.74, 6) is 0.00974. The molecule has 1 N–H and O–H groups in total. The fraction of sp³-hybridized carbons (Fsp3) is 0.700. The van der Waals surface area contributed by atoms with Crippen molar-refractivity contribution in [2.45, 2.75) is 25.8 Å². The molecule has 92 valence electrons. The maximum absolute atomic E-state index is 11.3. The van der Waals surface area contributed by atoms with Gasteiger partial charge in [0.2, 0.25) is 15.9 Å². The van der Waals surface area contributed by atoms with E-state index in [1.807, 2.05) is 0 Å². The van der Waals surface area contributed by atoms with Gasteiger partial charge >= 0.3 is 0 Å². The number of rotatable bonds is 4. The second-order valence-corrected chi connectivity index (χ2v) is 5.87. The van der Waals surface area contributed by atoms with Gasteiger partial charge in [-0.1, -0.05) is 6.58 Å². The van der Waals surface area contributed by atoms with Crippen LogP contribution in [0.4, 0.5) is 0 Å². The van der Waals surface area contributed by atoms with E-state index in [1.54, 1.807) is 11.8 Å². The predicted molar refractivity (Wildman–Crippen MR) is 62.4 cm³/mol. The van der Waals surface area contributed by atoms with E-state index in [2.05, 4.69) is 11.3 Å². The first kappa shape index (κ1) is 13.2. The van der Waals surface area contributed by atoms with Crippen molar-refractivity contribution in [3.05, 3.63) is 12.7 Å². The summed E-state index contributed by atoms with van der Waals surface area (Å²) in [6.07, 6.45) is 2.62. The highest BCUT2D eigenvalue weighted by atomic mass is 32.2. The van der Waals surface area contributed by atoms with Crippen LogP contribution in [0.1, 0.15) is 19.8 Å². The van der Waals surface area contributed by atoms with Crippen LogP contribution in [0.2, 0.25) is 0 Å². The van der Waals surface area contributed by atoms with Gasteiger partial charge in [0.15, 0.2) is 0 Å². The van der Waals surface area contributed by atoms with E-state index < -0.39 is 10.0 Å². The van der Waals surface area contributed by atoms with Crippen LogP contribution in [0.25, 0.3) is 0 Å². The minimum absolute atomic E-state index is 0.0428. The number of amides is 1. The van der Waals surface area contributed by atoms with Crippen LogP contribution < -0.4 is 4.72 Å². The summed E-state index contributed by atoms with van der Waals surface area (Å²) in [6, 6.07) is -0.0428. The topological polar surface area (TPSA) is 66.5 Å². The zero-order valence-electron chi connectivity index (χ0n) is 9.48. The predicted octanol–water partition coefficient (Wildman–Crippen LogP) is 0.103. The Balaban J connectivity index is 2.44. The van der Waals surface area contributed by atoms with Crippen LogP contribution >= 0.6 is 0 Å². The van der Waals surface area contributed by atoms with Gasteiger partial charge < -0.3 is 4.90 Å². The minimum Gasteiger partial charge on any atom is -0.339 e. The molecule has 1 rings (SSSR count). The zero-order valence-corrected chi connectivity index (χ0v) is 10.3. The molecule has 1 heterocycles. The van der Waals surface area contributed by atoms with Gasteiger partial charge in [0.05, 0.1) is 5.75 Å². The summed E-state index contributed by atoms with van der Waals surface area (Å²) in [5, 5.41) is 0. The molecule has 0 aliphatic carbocycles. The SMILES string of the molecule is C=CC(=O)N1CCC(NS(=O)(=O)CC)CC1. The third kappa shape index (κ3) is 3.61. The molecule has 1 amide bonds. The maximum atomic E-state index is 11.3. The summed E-state index contributed by atoms with van der Waals surface area (Å²) >= 11 is 0. The molecule has 0 bridgehead atoms. The molecule has 0 saturated carbocycles. The molecule has 0 aromatic carbocycles. The van der Waals surface area contributed by atoms with E-state index in [4.69, 9.17) is 0 Å². The third-order valence-corrected chi connectivity index (χ3v) is 4.16. The number of nitrogens with zero attached hydrogens (tertiary/aromatic N) is 1. The van der Waals surface area contributed by atoms with Crippen molar-refractivity contribution in [3.8, 4) is 0 Å². The Morgan fingerprint density at radius 1 is 1.50 bits per heavy atom. The molecule has 0 unspecified atom stereocenters. The Kier molecular flexibility index (Phi) is 4.49. The highest BCUT2D eigenvalue weighted by Gasteiger charge is 2.23. The molecule has 1 fully saturated rings. The molecule has 0 aromatic rings. The van der Waals surface area contributed by atoms with Crippen molar-refractivity contribution in [1.82, 2.24) is 9.62 Å². The number of carbonyl (C=O) groups excluding carboxylic acids is 1. The monoisotopic (exact) mass is 246 g/mol. The van der Waals surface area contributed by atoms with Crippen molar-refractivity contribution in [1.29, 1.82) is 0 Å². The van der Waals surface area contributed by atoms with Gasteiger partial charge in [0.1, 0.15) is 0 Å². The lowest BCUT2D eigenvalue weighted by atomic mass is 10.1. The second-order valence-electron chi connectivity index (χ2n) is 3.82. The Morgan fingerprint density at radius 2 is 2.06 bits per heavy atom. The van der Waals surface area contributed by atoms with Gasteiger partial charge in [-0.3, -0.25) is 4.79 Å². The van der Waals surface area contributed by atoms with Gasteiger partial charge in [0.25, 0.3) is 0 Å². The fourth-order valence-corrected chi connectivity index (χ4v) is 2.59. The number of likely N-dealkylation sites (tertiary alicyclic amines) is 1. The van der Waals surface area contributed by atoms with Crippen molar-refractivity contribution < 1.29 is 13.2 Å². The lowest BCUT2D eigenvalue weighted by molar-refractivity contribution is -0.127. The largest absolute Gasteiger partial charge is 0.339 e. The number of carbonyl (C=O) groups is 1. The van der Waals surface area contributed by atoms with Crippen molar-refractivity contribution >= 4 is 15.9 Å². The quantitative estimate of drug-likeness (QED) is 0.716. The fourth-order valence-electron chi connectivity index (χ4n) is 1.68. The highest BCUT2D eigenvalue weighted by Crippen LogP contribution is 2.11. The number of hydrogen-bond acceptors (Lipinski definition) is 3. The molecular formula is C10H18N2O3S. The molecule has 1 aliphatic heterocycles. The molecule has 0 spiro atoms. The molecule has 6 heteroatoms. The van der Waals surface area contributed by atoms with Gasteiger partial charge in [0, 0.05) is 19.1 Å². The first-order valence-corrected chi connectivity index (χ1v) is 7.05. The van der Waals surface area contributed by atoms with Crippen molar-refractivity contribution in [3.63, 3.8) is 0 Å². The number of sulfonamides is 1. The molecular weight excluding hydrogens is 228 g/mol. The molecule has 0 radical (unpaired) electrons. The van der Waals surface area contributed by atoms with Crippen LogP contribution in [0.5, 0.6) is 0 Å². The minimum atomic E-state index is -3.14. The normalized spacial score (nSPS) is 18.4. The van der Waals surface area contributed by atoms with E-state index in [0.717, 1.165) is 0 Å². The Bertz CT molecular complexity index is 356. The smallest absolute Gasteiger partial charge is 0.245 e. The summed E-state index contributed by atoms with van der Waals surface area (Å²) in [4.78, 5) is 13.0. The molecule has 0 atom stereocenters. The van der Waals surface area contributed by atoms with Gasteiger partial charge in [-0.2, -0.15) is 0 Å². The van der Waals surface area contributed by atoms with Crippen LogP contribution in [-0.2, 0) is 14.8 Å². The van der Waals surface area contributed by atoms with E-state index in [1.165, 1.54) is 6.08 Å². The molecule has 5 nitrogen and oxygen atoms in total. The molecule has 0 aromatic heterocycles. The van der Waals surface area contributed by atoms with Gasteiger partial charge in [-0.05, 0) is 25.8 Å². The molecule has 1 aliphatic rings. The number of piperidine rings is 1. The Hall–Kier alpha value is -0.880. The number of nitrogens with one attached hydrogen (secondary N) is 1. The average molecular weight is 246 g/mol. The second kappa shape index (κ2) is 5.45. The zero-order chi connectivity index (χ0) is 12.2. The number of hydrogen-bond donors (Lipinski definition) is 1. The standard InChI is InChI=1S/C10H18N2O3S/c1-3-10(13)12-7-5-9(6-8-12)11-16(14,15)4-2/h3,9,11H,1,4-8H2,2H3. The van der Waals surface area contributed by atoms with Crippen LogP contribution in [0, 0.1) is 0 Å². The Morgan fingerprint density at radius 3 is 2.50 bits per heavy atom. The highest BCUT2D eigenvalue weighted by molar-refractivity contribution is 7.89. The van der Waals surface area contributed by atoms with Crippen molar-refractivity contribution in [2.75, 3.05) is 18.8 Å². The first-order chi connectivity index (χ1) is 7.48. The van der Waals surface area contributed by atoms with Crippen LogP contribution in [-0.4, -0.2) is 44.1 Å². The molecule has 1 saturated heterocycles. The summed E-state index contributed by atoms with van der Waals surface area (Å²) in [7, 11) is -3.14. The van der Waals surface area contributed by atoms with E-state index in [9.17, 15) is 13.2 Å². The van der Waals surface area contributed by atoms with Crippen molar-refractivity contribution in [2.24, 2.45) is 0 Å². The van der Waals surface area contributed by atoms with E-state index in [0.29, 0.717) is 25.9 Å². The maximum Gasteiger partial charge on any atom is 0.245 e. The third-order valence-electron chi connectivity index (χ3n) is 2.71. The lowest BCUT2D eigenvalue weighted by Gasteiger charge is -2.31. The first-order valence-electron chi connectivity index (χ1n) is 5.40. The van der Waals surface area contributed by atoms with Crippen LogP contribution in [0.3, 0.4) is 0 Å².